The number of aromatic nitrogens is 1. The number of thiazole rings is 1. The Morgan fingerprint density at radius 3 is 2.45 bits per heavy atom. The molecule has 0 amide bonds. The number of anilines is 1. The number of hydrogen-bond acceptors (Lipinski definition) is 3. The molecule has 2 aromatic carbocycles. The van der Waals surface area contributed by atoms with Crippen molar-refractivity contribution < 1.29 is 0 Å². The standard InChI is InChI=1S/C17H16N2S/c1-2-12-8-6-7-11-14(12)15-16(18)20-17(19-15)13-9-4-3-5-10-13/h3-11H,2,18H2,1H3. The Labute approximate surface area is 122 Å². The third-order valence-electron chi connectivity index (χ3n) is 3.33. The average Bonchev–Trinajstić information content (AvgIpc) is 2.90. The van der Waals surface area contributed by atoms with Gasteiger partial charge in [-0.15, -0.1) is 0 Å². The van der Waals surface area contributed by atoms with E-state index in [2.05, 4.69) is 37.3 Å². The van der Waals surface area contributed by atoms with Crippen molar-refractivity contribution in [2.24, 2.45) is 0 Å². The Bertz CT molecular complexity index is 717. The highest BCUT2D eigenvalue weighted by atomic mass is 32.1. The van der Waals surface area contributed by atoms with Crippen LogP contribution < -0.4 is 5.73 Å². The largest absolute Gasteiger partial charge is 0.389 e. The van der Waals surface area contributed by atoms with E-state index in [4.69, 9.17) is 10.7 Å². The third kappa shape index (κ3) is 2.32. The van der Waals surface area contributed by atoms with Crippen molar-refractivity contribution in [3.63, 3.8) is 0 Å². The lowest BCUT2D eigenvalue weighted by atomic mass is 10.0. The topological polar surface area (TPSA) is 38.9 Å². The van der Waals surface area contributed by atoms with Crippen LogP contribution in [0.4, 0.5) is 5.00 Å². The maximum absolute atomic E-state index is 6.19. The molecule has 3 rings (SSSR count). The molecule has 0 aliphatic rings. The van der Waals surface area contributed by atoms with Crippen molar-refractivity contribution in [3.05, 3.63) is 60.2 Å². The SMILES string of the molecule is CCc1ccccc1-c1nc(-c2ccccc2)sc1N. The van der Waals surface area contributed by atoms with Crippen LogP contribution in [0, 0.1) is 0 Å². The number of nitrogens with two attached hydrogens (primary N) is 1. The molecule has 0 unspecified atom stereocenters. The zero-order valence-electron chi connectivity index (χ0n) is 11.3. The summed E-state index contributed by atoms with van der Waals surface area (Å²) in [6.07, 6.45) is 0.980. The smallest absolute Gasteiger partial charge is 0.126 e. The van der Waals surface area contributed by atoms with Gasteiger partial charge in [-0.2, -0.15) is 0 Å². The van der Waals surface area contributed by atoms with Gasteiger partial charge in [-0.1, -0.05) is 72.9 Å². The van der Waals surface area contributed by atoms with Gasteiger partial charge in [-0.25, -0.2) is 4.98 Å². The predicted octanol–water partition coefficient (Wildman–Crippen LogP) is 4.62. The first-order chi connectivity index (χ1) is 9.79. The molecule has 3 heteroatoms. The molecule has 0 spiro atoms. The molecule has 0 fully saturated rings. The summed E-state index contributed by atoms with van der Waals surface area (Å²) in [5, 5.41) is 1.76. The molecule has 0 aliphatic carbocycles. The van der Waals surface area contributed by atoms with Crippen LogP contribution in [0.3, 0.4) is 0 Å². The summed E-state index contributed by atoms with van der Waals surface area (Å²) in [7, 11) is 0. The van der Waals surface area contributed by atoms with Crippen LogP contribution in [0.2, 0.25) is 0 Å². The first kappa shape index (κ1) is 12.9. The highest BCUT2D eigenvalue weighted by Crippen LogP contribution is 2.37. The quantitative estimate of drug-likeness (QED) is 0.760. The number of hydrogen-bond donors (Lipinski definition) is 1. The molecule has 20 heavy (non-hydrogen) atoms. The Morgan fingerprint density at radius 1 is 1.00 bits per heavy atom. The van der Waals surface area contributed by atoms with Crippen LogP contribution in [0.5, 0.6) is 0 Å². The van der Waals surface area contributed by atoms with Gasteiger partial charge in [-0.05, 0) is 12.0 Å². The van der Waals surface area contributed by atoms with Crippen LogP contribution >= 0.6 is 11.3 Å². The molecule has 2 nitrogen and oxygen atoms in total. The fourth-order valence-corrected chi connectivity index (χ4v) is 3.14. The highest BCUT2D eigenvalue weighted by molar-refractivity contribution is 7.19. The molecule has 100 valence electrons. The Balaban J connectivity index is 2.10. The van der Waals surface area contributed by atoms with Crippen molar-refractivity contribution >= 4 is 16.3 Å². The molecule has 0 aliphatic heterocycles. The van der Waals surface area contributed by atoms with Gasteiger partial charge in [0.1, 0.15) is 15.7 Å². The second-order valence-electron chi connectivity index (χ2n) is 4.61. The Kier molecular flexibility index (Phi) is 3.52. The average molecular weight is 280 g/mol. The van der Waals surface area contributed by atoms with Gasteiger partial charge < -0.3 is 5.73 Å². The Morgan fingerprint density at radius 2 is 1.70 bits per heavy atom. The van der Waals surface area contributed by atoms with Gasteiger partial charge >= 0.3 is 0 Å². The van der Waals surface area contributed by atoms with E-state index in [9.17, 15) is 0 Å². The Hall–Kier alpha value is -2.13. The lowest BCUT2D eigenvalue weighted by Crippen LogP contribution is -1.91. The second-order valence-corrected chi connectivity index (χ2v) is 5.64. The maximum atomic E-state index is 6.19. The molecule has 2 N–H and O–H groups in total. The van der Waals surface area contributed by atoms with Gasteiger partial charge in [-0.3, -0.25) is 0 Å². The summed E-state index contributed by atoms with van der Waals surface area (Å²) >= 11 is 1.55. The van der Waals surface area contributed by atoms with E-state index < -0.39 is 0 Å². The molecule has 0 bridgehead atoms. The summed E-state index contributed by atoms with van der Waals surface area (Å²) in [4.78, 5) is 4.75. The molecule has 0 radical (unpaired) electrons. The number of nitrogens with zero attached hydrogens (tertiary/aromatic N) is 1. The van der Waals surface area contributed by atoms with E-state index in [1.165, 1.54) is 5.56 Å². The van der Waals surface area contributed by atoms with E-state index in [-0.39, 0.29) is 0 Å². The first-order valence-corrected chi connectivity index (χ1v) is 7.51. The van der Waals surface area contributed by atoms with Crippen molar-refractivity contribution in [3.8, 4) is 21.8 Å². The van der Waals surface area contributed by atoms with Crippen molar-refractivity contribution in [1.29, 1.82) is 0 Å². The third-order valence-corrected chi connectivity index (χ3v) is 4.26. The summed E-state index contributed by atoms with van der Waals surface area (Å²) in [6.45, 7) is 2.15. The molecular formula is C17H16N2S. The second kappa shape index (κ2) is 5.47. The minimum absolute atomic E-state index is 0.782. The first-order valence-electron chi connectivity index (χ1n) is 6.69. The summed E-state index contributed by atoms with van der Waals surface area (Å²) in [6, 6.07) is 18.5. The van der Waals surface area contributed by atoms with Crippen LogP contribution in [-0.4, -0.2) is 4.98 Å². The predicted molar refractivity (Wildman–Crippen MR) is 86.8 cm³/mol. The van der Waals surface area contributed by atoms with Gasteiger partial charge in [0.25, 0.3) is 0 Å². The lowest BCUT2D eigenvalue weighted by Gasteiger charge is -2.05. The van der Waals surface area contributed by atoms with Crippen molar-refractivity contribution in [2.45, 2.75) is 13.3 Å². The fourth-order valence-electron chi connectivity index (χ4n) is 2.29. The molecule has 0 saturated heterocycles. The van der Waals surface area contributed by atoms with E-state index in [1.807, 2.05) is 24.3 Å². The van der Waals surface area contributed by atoms with Crippen molar-refractivity contribution in [1.82, 2.24) is 4.98 Å². The number of nitrogen functional groups attached to an aromatic ring is 1. The van der Waals surface area contributed by atoms with Crippen LogP contribution in [0.25, 0.3) is 21.8 Å². The van der Waals surface area contributed by atoms with E-state index in [0.29, 0.717) is 0 Å². The fraction of sp³-hybridized carbons (Fsp3) is 0.118. The zero-order chi connectivity index (χ0) is 13.9. The summed E-state index contributed by atoms with van der Waals surface area (Å²) in [5.41, 5.74) is 10.6. The minimum atomic E-state index is 0.782. The maximum Gasteiger partial charge on any atom is 0.126 e. The minimum Gasteiger partial charge on any atom is -0.389 e. The van der Waals surface area contributed by atoms with Gasteiger partial charge in [0, 0.05) is 11.1 Å². The van der Waals surface area contributed by atoms with E-state index in [1.54, 1.807) is 11.3 Å². The number of benzene rings is 2. The van der Waals surface area contributed by atoms with E-state index in [0.717, 1.165) is 33.3 Å². The molecule has 0 saturated carbocycles. The van der Waals surface area contributed by atoms with E-state index >= 15 is 0 Å². The van der Waals surface area contributed by atoms with Crippen LogP contribution in [0.1, 0.15) is 12.5 Å². The number of rotatable bonds is 3. The number of aryl methyl sites for hydroxylation is 1. The monoisotopic (exact) mass is 280 g/mol. The van der Waals surface area contributed by atoms with Crippen LogP contribution in [0.15, 0.2) is 54.6 Å². The van der Waals surface area contributed by atoms with Gasteiger partial charge in [0.2, 0.25) is 0 Å². The summed E-state index contributed by atoms with van der Waals surface area (Å²) < 4.78 is 0. The molecule has 1 aromatic heterocycles. The zero-order valence-corrected chi connectivity index (χ0v) is 12.2. The molecule has 3 aromatic rings. The molecule has 1 heterocycles. The van der Waals surface area contributed by atoms with Gasteiger partial charge in [0.05, 0.1) is 0 Å². The van der Waals surface area contributed by atoms with Crippen molar-refractivity contribution in [2.75, 3.05) is 5.73 Å². The van der Waals surface area contributed by atoms with Gasteiger partial charge in [0.15, 0.2) is 0 Å². The normalized spacial score (nSPS) is 10.7. The molecule has 0 atom stereocenters. The van der Waals surface area contributed by atoms with Crippen LogP contribution in [-0.2, 0) is 6.42 Å². The lowest BCUT2D eigenvalue weighted by molar-refractivity contribution is 1.14. The summed E-state index contributed by atoms with van der Waals surface area (Å²) in [5.74, 6) is 0. The molecular weight excluding hydrogens is 264 g/mol. The highest BCUT2D eigenvalue weighted by Gasteiger charge is 2.13.